The van der Waals surface area contributed by atoms with E-state index < -0.39 is 29.2 Å². The molecule has 5 nitrogen and oxygen atoms in total. The van der Waals surface area contributed by atoms with Crippen molar-refractivity contribution >= 4 is 11.8 Å². The molecule has 0 saturated carbocycles. The first-order valence-electron chi connectivity index (χ1n) is 8.67. The zero-order chi connectivity index (χ0) is 19.6. The molecule has 0 atom stereocenters. The van der Waals surface area contributed by atoms with Crippen LogP contribution in [-0.4, -0.2) is 40.6 Å². The van der Waals surface area contributed by atoms with Crippen molar-refractivity contribution in [3.05, 3.63) is 70.8 Å². The van der Waals surface area contributed by atoms with E-state index in [0.29, 0.717) is 18.0 Å². The number of benzene rings is 2. The average Bonchev–Trinajstić information content (AvgIpc) is 2.64. The Bertz CT molecular complexity index is 879. The Labute approximate surface area is 155 Å². The molecule has 1 aliphatic rings. The number of piperidine rings is 1. The summed E-state index contributed by atoms with van der Waals surface area (Å²) in [5.41, 5.74) is -2.30. The van der Waals surface area contributed by atoms with Crippen LogP contribution in [0.15, 0.2) is 42.5 Å². The highest BCUT2D eigenvalue weighted by Gasteiger charge is 2.44. The second-order valence-electron chi connectivity index (χ2n) is 6.59. The third-order valence-corrected chi connectivity index (χ3v) is 4.75. The van der Waals surface area contributed by atoms with Crippen molar-refractivity contribution in [3.8, 4) is 0 Å². The van der Waals surface area contributed by atoms with E-state index >= 15 is 0 Å². The second-order valence-corrected chi connectivity index (χ2v) is 6.59. The Balaban J connectivity index is 2.10. The molecule has 2 amide bonds. The lowest BCUT2D eigenvalue weighted by atomic mass is 9.96. The number of carbonyl (C=O) groups excluding carboxylic acids is 2. The number of aryl methyl sites for hydroxylation is 1. The molecule has 0 aromatic heterocycles. The number of nitrogens with one attached hydrogen (secondary N) is 1. The fourth-order valence-corrected chi connectivity index (χ4v) is 3.21. The minimum Gasteiger partial charge on any atom is -0.370 e. The summed E-state index contributed by atoms with van der Waals surface area (Å²) in [4.78, 5) is 26.8. The minimum absolute atomic E-state index is 0.0619. The van der Waals surface area contributed by atoms with Crippen LogP contribution in [0.1, 0.15) is 39.1 Å². The van der Waals surface area contributed by atoms with Gasteiger partial charge in [0, 0.05) is 12.8 Å². The van der Waals surface area contributed by atoms with Gasteiger partial charge in [-0.3, -0.25) is 9.59 Å². The van der Waals surface area contributed by atoms with Crippen LogP contribution >= 0.6 is 0 Å². The second kappa shape index (κ2) is 7.54. The topological polar surface area (TPSA) is 69.6 Å². The van der Waals surface area contributed by atoms with Crippen LogP contribution in [0.2, 0.25) is 0 Å². The molecular weight excluding hydrogens is 354 g/mol. The molecule has 27 heavy (non-hydrogen) atoms. The lowest BCUT2D eigenvalue weighted by molar-refractivity contribution is -0.0889. The minimum atomic E-state index is -1.84. The van der Waals surface area contributed by atoms with Gasteiger partial charge in [-0.25, -0.2) is 13.7 Å². The number of amides is 2. The molecule has 3 rings (SSSR count). The van der Waals surface area contributed by atoms with Gasteiger partial charge in [-0.15, -0.1) is 0 Å². The maximum absolute atomic E-state index is 14.5. The third kappa shape index (κ3) is 3.61. The number of aliphatic hydroxyl groups is 1. The van der Waals surface area contributed by atoms with Gasteiger partial charge in [-0.1, -0.05) is 24.3 Å². The quantitative estimate of drug-likeness (QED) is 0.640. The van der Waals surface area contributed by atoms with Gasteiger partial charge in [-0.05, 0) is 43.8 Å². The molecule has 0 aliphatic carbocycles. The summed E-state index contributed by atoms with van der Waals surface area (Å²) in [6, 6.07) is 9.43. The normalized spacial score (nSPS) is 16.0. The molecule has 7 heteroatoms. The first-order chi connectivity index (χ1) is 12.8. The van der Waals surface area contributed by atoms with E-state index in [9.17, 15) is 23.5 Å². The van der Waals surface area contributed by atoms with Gasteiger partial charge >= 0.3 is 0 Å². The molecule has 142 valence electrons. The monoisotopic (exact) mass is 374 g/mol. The van der Waals surface area contributed by atoms with E-state index in [-0.39, 0.29) is 29.5 Å². The zero-order valence-corrected chi connectivity index (χ0v) is 14.8. The van der Waals surface area contributed by atoms with Crippen molar-refractivity contribution in [2.75, 3.05) is 13.1 Å². The molecule has 1 heterocycles. The number of imide groups is 1. The predicted molar refractivity (Wildman–Crippen MR) is 95.1 cm³/mol. The fraction of sp³-hybridized carbons (Fsp3) is 0.300. The van der Waals surface area contributed by atoms with Crippen LogP contribution < -0.4 is 5.32 Å². The van der Waals surface area contributed by atoms with Crippen molar-refractivity contribution in [2.45, 2.75) is 25.5 Å². The highest BCUT2D eigenvalue weighted by molar-refractivity contribution is 6.11. The molecule has 1 saturated heterocycles. The molecule has 2 N–H and O–H groups in total. The van der Waals surface area contributed by atoms with Crippen LogP contribution in [0.4, 0.5) is 8.78 Å². The Morgan fingerprint density at radius 1 is 1.00 bits per heavy atom. The van der Waals surface area contributed by atoms with Gasteiger partial charge in [0.05, 0.1) is 11.1 Å². The number of nitrogens with zero attached hydrogens (tertiary/aromatic N) is 1. The number of hydrogen-bond donors (Lipinski definition) is 2. The Morgan fingerprint density at radius 2 is 1.59 bits per heavy atom. The van der Waals surface area contributed by atoms with E-state index in [1.807, 2.05) is 0 Å². The summed E-state index contributed by atoms with van der Waals surface area (Å²) in [6.07, 6.45) is 0.124. The third-order valence-electron chi connectivity index (χ3n) is 4.75. The first-order valence-corrected chi connectivity index (χ1v) is 8.67. The lowest BCUT2D eigenvalue weighted by Gasteiger charge is -2.41. The SMILES string of the molecule is Cc1cccc(C(=O)N(C(=O)c2ccccc2F)C2(O)CCNCC2)c1F. The molecule has 2 aromatic carbocycles. The van der Waals surface area contributed by atoms with E-state index in [1.165, 1.54) is 43.3 Å². The summed E-state index contributed by atoms with van der Waals surface area (Å²) in [5.74, 6) is -3.58. The van der Waals surface area contributed by atoms with Crippen LogP contribution in [0.5, 0.6) is 0 Å². The summed E-state index contributed by atoms with van der Waals surface area (Å²) in [7, 11) is 0. The number of hydrogen-bond acceptors (Lipinski definition) is 4. The molecular formula is C20H20F2N2O3. The Morgan fingerprint density at radius 3 is 2.26 bits per heavy atom. The lowest BCUT2D eigenvalue weighted by Crippen LogP contribution is -2.59. The van der Waals surface area contributed by atoms with Gasteiger partial charge in [0.2, 0.25) is 0 Å². The van der Waals surface area contributed by atoms with Crippen molar-refractivity contribution in [3.63, 3.8) is 0 Å². The molecule has 0 radical (unpaired) electrons. The first kappa shape index (κ1) is 19.1. The summed E-state index contributed by atoms with van der Waals surface area (Å²) >= 11 is 0. The maximum atomic E-state index is 14.5. The van der Waals surface area contributed by atoms with Crippen molar-refractivity contribution in [1.29, 1.82) is 0 Å². The molecule has 1 fully saturated rings. The van der Waals surface area contributed by atoms with Gasteiger partial charge in [-0.2, -0.15) is 0 Å². The van der Waals surface area contributed by atoms with Crippen molar-refractivity contribution in [2.24, 2.45) is 0 Å². The van der Waals surface area contributed by atoms with Crippen LogP contribution in [0.3, 0.4) is 0 Å². The Kier molecular flexibility index (Phi) is 5.34. The predicted octanol–water partition coefficient (Wildman–Crippen LogP) is 2.63. The highest BCUT2D eigenvalue weighted by Crippen LogP contribution is 2.29. The number of rotatable bonds is 3. The van der Waals surface area contributed by atoms with Crippen LogP contribution in [-0.2, 0) is 0 Å². The van der Waals surface area contributed by atoms with E-state index in [1.54, 1.807) is 0 Å². The summed E-state index contributed by atoms with van der Waals surface area (Å²) in [5, 5.41) is 14.1. The highest BCUT2D eigenvalue weighted by atomic mass is 19.1. The van der Waals surface area contributed by atoms with E-state index in [2.05, 4.69) is 5.32 Å². The smallest absolute Gasteiger partial charge is 0.266 e. The Hall–Kier alpha value is -2.64. The molecule has 1 aliphatic heterocycles. The molecule has 0 unspecified atom stereocenters. The van der Waals surface area contributed by atoms with Gasteiger partial charge < -0.3 is 10.4 Å². The van der Waals surface area contributed by atoms with E-state index in [4.69, 9.17) is 0 Å². The van der Waals surface area contributed by atoms with Gasteiger partial charge in [0.25, 0.3) is 11.8 Å². The van der Waals surface area contributed by atoms with E-state index in [0.717, 1.165) is 6.07 Å². The number of carbonyl (C=O) groups is 2. The molecule has 0 spiro atoms. The largest absolute Gasteiger partial charge is 0.370 e. The zero-order valence-electron chi connectivity index (χ0n) is 14.8. The molecule has 2 aromatic rings. The standard InChI is InChI=1S/C20H20F2N2O3/c1-13-5-4-7-15(17(13)22)19(26)24(20(27)9-11-23-12-10-20)18(25)14-6-2-3-8-16(14)21/h2-8,23,27H,9-12H2,1H3. The maximum Gasteiger partial charge on any atom is 0.266 e. The number of halogens is 2. The van der Waals surface area contributed by atoms with Crippen LogP contribution in [0.25, 0.3) is 0 Å². The van der Waals surface area contributed by atoms with Gasteiger partial charge in [0.15, 0.2) is 0 Å². The molecule has 0 bridgehead atoms. The van der Waals surface area contributed by atoms with Crippen LogP contribution in [0, 0.1) is 18.6 Å². The summed E-state index contributed by atoms with van der Waals surface area (Å²) < 4.78 is 28.7. The average molecular weight is 374 g/mol. The van der Waals surface area contributed by atoms with Crippen molar-refractivity contribution in [1.82, 2.24) is 10.2 Å². The van der Waals surface area contributed by atoms with Gasteiger partial charge in [0.1, 0.15) is 17.4 Å². The fourth-order valence-electron chi connectivity index (χ4n) is 3.21. The van der Waals surface area contributed by atoms with Crippen molar-refractivity contribution < 1.29 is 23.5 Å². The summed E-state index contributed by atoms with van der Waals surface area (Å²) in [6.45, 7) is 2.22.